The molecule has 2 unspecified atom stereocenters. The van der Waals surface area contributed by atoms with Gasteiger partial charge in [-0.1, -0.05) is 29.5 Å². The molecule has 1 aromatic heterocycles. The van der Waals surface area contributed by atoms with E-state index < -0.39 is 12.2 Å². The van der Waals surface area contributed by atoms with E-state index in [9.17, 15) is 4.79 Å². The first-order valence-corrected chi connectivity index (χ1v) is 12.3. The molecule has 1 saturated heterocycles. The Morgan fingerprint density at radius 1 is 1.15 bits per heavy atom. The number of nitrogens with zero attached hydrogens (tertiary/aromatic N) is 3. The number of fused-ring (bicyclic) bond motifs is 2. The van der Waals surface area contributed by atoms with Gasteiger partial charge in [0, 0.05) is 26.2 Å². The van der Waals surface area contributed by atoms with Gasteiger partial charge in [-0.25, -0.2) is 4.98 Å². The molecule has 33 heavy (non-hydrogen) atoms. The number of hydrogen-bond acceptors (Lipinski definition) is 7. The largest absolute Gasteiger partial charge is 0.482 e. The van der Waals surface area contributed by atoms with Crippen LogP contribution in [0.3, 0.4) is 0 Å². The van der Waals surface area contributed by atoms with Gasteiger partial charge < -0.3 is 14.2 Å². The van der Waals surface area contributed by atoms with Crippen molar-refractivity contribution < 1.29 is 19.0 Å². The molecule has 3 aromatic rings. The SMILES string of the molecule is Cc1ccc2nc(N(CCCN3CCOCC3)C(=O)C3Oc4ccccc4OC3C)sc2c1. The van der Waals surface area contributed by atoms with E-state index in [0.717, 1.165) is 49.5 Å². The van der Waals surface area contributed by atoms with Crippen molar-refractivity contribution in [2.45, 2.75) is 32.5 Å². The number of aryl methyl sites for hydroxylation is 1. The molecule has 0 aliphatic carbocycles. The Morgan fingerprint density at radius 3 is 2.70 bits per heavy atom. The minimum absolute atomic E-state index is 0.116. The van der Waals surface area contributed by atoms with Crippen LogP contribution in [0, 0.1) is 6.92 Å². The zero-order valence-electron chi connectivity index (χ0n) is 19.0. The molecule has 7 nitrogen and oxygen atoms in total. The highest BCUT2D eigenvalue weighted by Gasteiger charge is 2.38. The standard InChI is InChI=1S/C25H29N3O4S/c1-17-8-9-19-22(16-17)33-25(26-19)28(11-5-10-27-12-14-30-15-13-27)24(29)23-18(2)31-20-6-3-4-7-21(20)32-23/h3-4,6-9,16,18,23H,5,10-15H2,1-2H3. The van der Waals surface area contributed by atoms with Gasteiger partial charge in [-0.05, 0) is 50.1 Å². The Morgan fingerprint density at radius 2 is 1.91 bits per heavy atom. The number of para-hydroxylation sites is 2. The quantitative estimate of drug-likeness (QED) is 0.548. The highest BCUT2D eigenvalue weighted by molar-refractivity contribution is 7.22. The Hall–Kier alpha value is -2.68. The number of aromatic nitrogens is 1. The van der Waals surface area contributed by atoms with Crippen molar-refractivity contribution in [3.05, 3.63) is 48.0 Å². The van der Waals surface area contributed by atoms with Crippen molar-refractivity contribution in [3.8, 4) is 11.5 Å². The number of amides is 1. The van der Waals surface area contributed by atoms with E-state index in [1.807, 2.05) is 43.3 Å². The molecular weight excluding hydrogens is 438 g/mol. The van der Waals surface area contributed by atoms with Gasteiger partial charge in [0.15, 0.2) is 16.6 Å². The Kier molecular flexibility index (Phi) is 6.48. The van der Waals surface area contributed by atoms with Crippen LogP contribution in [0.2, 0.25) is 0 Å². The van der Waals surface area contributed by atoms with Gasteiger partial charge in [0.2, 0.25) is 6.10 Å². The van der Waals surface area contributed by atoms with Crippen LogP contribution >= 0.6 is 11.3 Å². The highest BCUT2D eigenvalue weighted by Crippen LogP contribution is 2.35. The summed E-state index contributed by atoms with van der Waals surface area (Å²) in [5, 5.41) is 0.706. The minimum atomic E-state index is -0.725. The van der Waals surface area contributed by atoms with E-state index in [-0.39, 0.29) is 5.91 Å². The lowest BCUT2D eigenvalue weighted by molar-refractivity contribution is -0.130. The third kappa shape index (κ3) is 4.83. The summed E-state index contributed by atoms with van der Waals surface area (Å²) in [7, 11) is 0. The van der Waals surface area contributed by atoms with Gasteiger partial charge in [-0.3, -0.25) is 14.6 Å². The number of carbonyl (C=O) groups is 1. The number of rotatable bonds is 6. The van der Waals surface area contributed by atoms with Crippen molar-refractivity contribution in [1.82, 2.24) is 9.88 Å². The highest BCUT2D eigenvalue weighted by atomic mass is 32.1. The lowest BCUT2D eigenvalue weighted by atomic mass is 10.1. The fraction of sp³-hybridized carbons (Fsp3) is 0.440. The van der Waals surface area contributed by atoms with Crippen LogP contribution in [-0.2, 0) is 9.53 Å². The molecule has 1 fully saturated rings. The van der Waals surface area contributed by atoms with E-state index in [2.05, 4.69) is 17.9 Å². The summed E-state index contributed by atoms with van der Waals surface area (Å²) in [5.41, 5.74) is 2.09. The molecule has 5 rings (SSSR count). The topological polar surface area (TPSA) is 64.1 Å². The molecule has 174 valence electrons. The maximum absolute atomic E-state index is 13.8. The van der Waals surface area contributed by atoms with Crippen molar-refractivity contribution in [2.75, 3.05) is 44.3 Å². The molecule has 1 amide bonds. The van der Waals surface area contributed by atoms with E-state index in [4.69, 9.17) is 19.2 Å². The van der Waals surface area contributed by atoms with E-state index in [1.165, 1.54) is 5.56 Å². The molecule has 2 atom stereocenters. The molecule has 0 bridgehead atoms. The molecule has 0 saturated carbocycles. The third-order valence-corrected chi connectivity index (χ3v) is 7.12. The van der Waals surface area contributed by atoms with Crippen LogP contribution < -0.4 is 14.4 Å². The van der Waals surface area contributed by atoms with Gasteiger partial charge in [0.25, 0.3) is 5.91 Å². The summed E-state index contributed by atoms with van der Waals surface area (Å²) < 4.78 is 18.7. The number of morpholine rings is 1. The molecule has 2 aliphatic heterocycles. The fourth-order valence-electron chi connectivity index (χ4n) is 4.26. The van der Waals surface area contributed by atoms with Crippen LogP contribution in [0.25, 0.3) is 10.2 Å². The molecule has 0 spiro atoms. The monoisotopic (exact) mass is 467 g/mol. The van der Waals surface area contributed by atoms with Crippen LogP contribution in [0.4, 0.5) is 5.13 Å². The number of thiazole rings is 1. The lowest BCUT2D eigenvalue weighted by Gasteiger charge is -2.34. The number of benzene rings is 2. The van der Waals surface area contributed by atoms with Crippen molar-refractivity contribution in [1.29, 1.82) is 0 Å². The average molecular weight is 468 g/mol. The predicted octanol–water partition coefficient (Wildman–Crippen LogP) is 3.89. The van der Waals surface area contributed by atoms with Gasteiger partial charge in [-0.2, -0.15) is 0 Å². The lowest BCUT2D eigenvalue weighted by Crippen LogP contribution is -2.51. The molecule has 0 radical (unpaired) electrons. The van der Waals surface area contributed by atoms with Crippen LogP contribution in [0.1, 0.15) is 18.9 Å². The second kappa shape index (κ2) is 9.67. The fourth-order valence-corrected chi connectivity index (χ4v) is 5.35. The third-order valence-electron chi connectivity index (χ3n) is 6.08. The summed E-state index contributed by atoms with van der Waals surface area (Å²) in [5.74, 6) is 1.15. The summed E-state index contributed by atoms with van der Waals surface area (Å²) >= 11 is 1.55. The van der Waals surface area contributed by atoms with E-state index >= 15 is 0 Å². The van der Waals surface area contributed by atoms with Gasteiger partial charge in [0.1, 0.15) is 6.10 Å². The number of hydrogen-bond donors (Lipinski definition) is 0. The predicted molar refractivity (Wildman–Crippen MR) is 130 cm³/mol. The Bertz CT molecular complexity index is 1130. The van der Waals surface area contributed by atoms with E-state index in [0.29, 0.717) is 23.2 Å². The molecular formula is C25H29N3O4S. The van der Waals surface area contributed by atoms with E-state index in [1.54, 1.807) is 16.2 Å². The summed E-state index contributed by atoms with van der Waals surface area (Å²) in [6.45, 7) is 8.83. The van der Waals surface area contributed by atoms with Gasteiger partial charge in [-0.15, -0.1) is 0 Å². The zero-order valence-corrected chi connectivity index (χ0v) is 19.8. The summed E-state index contributed by atoms with van der Waals surface area (Å²) in [6, 6.07) is 13.7. The van der Waals surface area contributed by atoms with Crippen LogP contribution in [0.15, 0.2) is 42.5 Å². The molecule has 2 aromatic carbocycles. The molecule has 2 aliphatic rings. The second-order valence-corrected chi connectivity index (χ2v) is 9.58. The maximum atomic E-state index is 13.8. The van der Waals surface area contributed by atoms with Crippen LogP contribution in [-0.4, -0.2) is 67.4 Å². The van der Waals surface area contributed by atoms with Gasteiger partial charge >= 0.3 is 0 Å². The molecule has 8 heteroatoms. The van der Waals surface area contributed by atoms with Crippen molar-refractivity contribution in [3.63, 3.8) is 0 Å². The first-order chi connectivity index (χ1) is 16.1. The smallest absolute Gasteiger partial charge is 0.273 e. The summed E-state index contributed by atoms with van der Waals surface area (Å²) in [6.07, 6.45) is -0.276. The normalized spacial score (nSPS) is 20.7. The van der Waals surface area contributed by atoms with Crippen LogP contribution in [0.5, 0.6) is 11.5 Å². The minimum Gasteiger partial charge on any atom is -0.482 e. The molecule has 0 N–H and O–H groups in total. The van der Waals surface area contributed by atoms with Crippen molar-refractivity contribution in [2.24, 2.45) is 0 Å². The maximum Gasteiger partial charge on any atom is 0.273 e. The molecule has 3 heterocycles. The second-order valence-electron chi connectivity index (χ2n) is 8.57. The first kappa shape index (κ1) is 22.1. The van der Waals surface area contributed by atoms with Crippen molar-refractivity contribution >= 4 is 32.6 Å². The Labute approximate surface area is 197 Å². The number of carbonyl (C=O) groups excluding carboxylic acids is 1. The zero-order chi connectivity index (χ0) is 22.8. The average Bonchev–Trinajstić information content (AvgIpc) is 3.24. The first-order valence-electron chi connectivity index (χ1n) is 11.5. The van der Waals surface area contributed by atoms with Gasteiger partial charge in [0.05, 0.1) is 23.4 Å². The number of ether oxygens (including phenoxy) is 3. The Balaban J connectivity index is 1.39. The number of anilines is 1. The summed E-state index contributed by atoms with van der Waals surface area (Å²) in [4.78, 5) is 22.8.